The summed E-state index contributed by atoms with van der Waals surface area (Å²) in [5.41, 5.74) is 0.837. The second-order valence-corrected chi connectivity index (χ2v) is 3.89. The van der Waals surface area contributed by atoms with Gasteiger partial charge in [-0.15, -0.1) is 6.58 Å². The van der Waals surface area contributed by atoms with Crippen LogP contribution in [0.4, 0.5) is 0 Å². The molecule has 16 heavy (non-hydrogen) atoms. The van der Waals surface area contributed by atoms with Gasteiger partial charge in [-0.25, -0.2) is 4.99 Å². The summed E-state index contributed by atoms with van der Waals surface area (Å²) in [6.07, 6.45) is 5.68. The Morgan fingerprint density at radius 1 is 1.69 bits per heavy atom. The number of hydrogen-bond donors (Lipinski definition) is 2. The van der Waals surface area contributed by atoms with Crippen molar-refractivity contribution in [2.24, 2.45) is 9.98 Å². The molecule has 5 heteroatoms. The summed E-state index contributed by atoms with van der Waals surface area (Å²) in [6.45, 7) is 6.27. The van der Waals surface area contributed by atoms with Crippen molar-refractivity contribution in [1.29, 1.82) is 0 Å². The lowest BCUT2D eigenvalue weighted by Crippen LogP contribution is -2.44. The molecule has 0 saturated carbocycles. The Kier molecular flexibility index (Phi) is 3.10. The molecule has 0 bridgehead atoms. The van der Waals surface area contributed by atoms with Gasteiger partial charge >= 0.3 is 0 Å². The fraction of sp³-hybridized carbons (Fsp3) is 0.273. The van der Waals surface area contributed by atoms with Crippen molar-refractivity contribution >= 4 is 23.4 Å². The quantitative estimate of drug-likeness (QED) is 0.564. The van der Waals surface area contributed by atoms with Crippen molar-refractivity contribution in [3.63, 3.8) is 0 Å². The normalized spacial score (nSPS) is 23.0. The smallest absolute Gasteiger partial charge is 0.203 e. The van der Waals surface area contributed by atoms with Crippen LogP contribution in [0, 0.1) is 0 Å². The van der Waals surface area contributed by atoms with Crippen LogP contribution in [0.1, 0.15) is 6.92 Å². The number of guanidine groups is 1. The number of fused-ring (bicyclic) bond motifs is 1. The molecule has 4 nitrogen and oxygen atoms in total. The van der Waals surface area contributed by atoms with Crippen LogP contribution in [-0.2, 0) is 0 Å². The molecule has 0 saturated heterocycles. The van der Waals surface area contributed by atoms with Gasteiger partial charge in [0.05, 0.1) is 11.6 Å². The largest absolute Gasteiger partial charge is 0.352 e. The van der Waals surface area contributed by atoms with Gasteiger partial charge in [-0.05, 0) is 6.92 Å². The average Bonchev–Trinajstić information content (AvgIpc) is 2.25. The maximum absolute atomic E-state index is 6.07. The van der Waals surface area contributed by atoms with Crippen molar-refractivity contribution in [3.05, 3.63) is 35.5 Å². The zero-order chi connectivity index (χ0) is 11.5. The van der Waals surface area contributed by atoms with E-state index in [1.807, 2.05) is 19.1 Å². The van der Waals surface area contributed by atoms with E-state index in [-0.39, 0.29) is 6.04 Å². The van der Waals surface area contributed by atoms with Crippen LogP contribution in [0.25, 0.3) is 0 Å². The maximum atomic E-state index is 6.07. The Balaban J connectivity index is 2.24. The molecular formula is C11H13ClN4. The highest BCUT2D eigenvalue weighted by atomic mass is 35.5. The van der Waals surface area contributed by atoms with Gasteiger partial charge in [0.1, 0.15) is 11.0 Å². The van der Waals surface area contributed by atoms with Gasteiger partial charge in [-0.2, -0.15) is 0 Å². The fourth-order valence-electron chi connectivity index (χ4n) is 1.45. The Morgan fingerprint density at radius 3 is 3.25 bits per heavy atom. The number of amidine groups is 1. The van der Waals surface area contributed by atoms with E-state index in [0.29, 0.717) is 17.7 Å². The number of rotatable bonds is 2. The first-order chi connectivity index (χ1) is 7.70. The van der Waals surface area contributed by atoms with Crippen LogP contribution in [0.3, 0.4) is 0 Å². The monoisotopic (exact) mass is 236 g/mol. The van der Waals surface area contributed by atoms with Crippen LogP contribution < -0.4 is 10.6 Å². The molecule has 84 valence electrons. The number of aliphatic imine (C=N–C) groups is 2. The zero-order valence-electron chi connectivity index (χ0n) is 9.00. The summed E-state index contributed by atoms with van der Waals surface area (Å²) < 4.78 is 0. The third-order valence-corrected chi connectivity index (χ3v) is 2.50. The van der Waals surface area contributed by atoms with Crippen molar-refractivity contribution in [3.8, 4) is 0 Å². The number of nitrogens with zero attached hydrogens (tertiary/aromatic N) is 2. The molecule has 0 fully saturated rings. The number of nitrogens with one attached hydrogen (secondary N) is 2. The molecule has 2 N–H and O–H groups in total. The molecule has 0 aromatic carbocycles. The first-order valence-corrected chi connectivity index (χ1v) is 5.45. The molecule has 2 heterocycles. The third-order valence-electron chi connectivity index (χ3n) is 2.21. The maximum Gasteiger partial charge on any atom is 0.203 e. The highest BCUT2D eigenvalue weighted by Crippen LogP contribution is 2.20. The first-order valence-electron chi connectivity index (χ1n) is 5.07. The van der Waals surface area contributed by atoms with E-state index in [2.05, 4.69) is 27.2 Å². The van der Waals surface area contributed by atoms with Crippen LogP contribution in [-0.4, -0.2) is 24.4 Å². The lowest BCUT2D eigenvalue weighted by atomic mass is 10.1. The molecule has 0 amide bonds. The minimum Gasteiger partial charge on any atom is -0.352 e. The van der Waals surface area contributed by atoms with E-state index in [1.54, 1.807) is 6.08 Å². The number of halogens is 1. The van der Waals surface area contributed by atoms with Crippen molar-refractivity contribution in [2.45, 2.75) is 13.0 Å². The predicted molar refractivity (Wildman–Crippen MR) is 67.7 cm³/mol. The second kappa shape index (κ2) is 4.53. The van der Waals surface area contributed by atoms with Gasteiger partial charge in [0, 0.05) is 6.54 Å². The van der Waals surface area contributed by atoms with E-state index in [1.165, 1.54) is 0 Å². The molecule has 0 radical (unpaired) electrons. The Bertz CT molecular complexity index is 431. The molecule has 0 spiro atoms. The molecule has 0 aliphatic carbocycles. The molecule has 0 aromatic heterocycles. The van der Waals surface area contributed by atoms with E-state index in [0.717, 1.165) is 11.4 Å². The van der Waals surface area contributed by atoms with Gasteiger partial charge in [0.2, 0.25) is 5.96 Å². The summed E-state index contributed by atoms with van der Waals surface area (Å²) in [6, 6.07) is 0.162. The molecule has 1 unspecified atom stereocenters. The lowest BCUT2D eigenvalue weighted by Gasteiger charge is -2.22. The third kappa shape index (κ3) is 2.17. The topological polar surface area (TPSA) is 48.8 Å². The van der Waals surface area contributed by atoms with Crippen molar-refractivity contribution < 1.29 is 0 Å². The first kappa shape index (κ1) is 11.0. The standard InChI is InChI=1S/C11H13ClN4/c1-3-6-13-11-15-9(12)8-5-4-7(2)14-10(8)16-11/h3-5,7H,1,6H2,2H3,(H2,13,14,15,16). The Hall–Kier alpha value is -1.55. The SMILES string of the molecule is C=CCNC1=NC(Cl)=C2C=CC(C)N=C2N1. The van der Waals surface area contributed by atoms with E-state index in [9.17, 15) is 0 Å². The summed E-state index contributed by atoms with van der Waals surface area (Å²) in [4.78, 5) is 8.63. The van der Waals surface area contributed by atoms with Crippen molar-refractivity contribution in [2.75, 3.05) is 6.54 Å². The summed E-state index contributed by atoms with van der Waals surface area (Å²) in [7, 11) is 0. The average molecular weight is 237 g/mol. The zero-order valence-corrected chi connectivity index (χ0v) is 9.75. The molecule has 1 atom stereocenters. The van der Waals surface area contributed by atoms with Crippen LogP contribution in [0.2, 0.25) is 0 Å². The minimum atomic E-state index is 0.162. The predicted octanol–water partition coefficient (Wildman–Crippen LogP) is 1.53. The van der Waals surface area contributed by atoms with Crippen LogP contribution in [0.5, 0.6) is 0 Å². The van der Waals surface area contributed by atoms with E-state index >= 15 is 0 Å². The summed E-state index contributed by atoms with van der Waals surface area (Å²) in [5, 5.41) is 6.60. The van der Waals surface area contributed by atoms with Crippen molar-refractivity contribution in [1.82, 2.24) is 10.6 Å². The molecular weight excluding hydrogens is 224 g/mol. The molecule has 2 aliphatic heterocycles. The number of dihydropyridines is 1. The summed E-state index contributed by atoms with van der Waals surface area (Å²) in [5.74, 6) is 1.37. The number of hydrogen-bond acceptors (Lipinski definition) is 4. The second-order valence-electron chi connectivity index (χ2n) is 3.54. The highest BCUT2D eigenvalue weighted by Gasteiger charge is 2.20. The van der Waals surface area contributed by atoms with Gasteiger partial charge in [-0.1, -0.05) is 29.8 Å². The molecule has 2 rings (SSSR count). The van der Waals surface area contributed by atoms with Gasteiger partial charge < -0.3 is 10.6 Å². The van der Waals surface area contributed by atoms with Gasteiger partial charge in [-0.3, -0.25) is 4.99 Å². The minimum absolute atomic E-state index is 0.162. The Labute approximate surface area is 99.5 Å². The Morgan fingerprint density at radius 2 is 2.50 bits per heavy atom. The highest BCUT2D eigenvalue weighted by molar-refractivity contribution is 6.34. The lowest BCUT2D eigenvalue weighted by molar-refractivity contribution is 0.893. The van der Waals surface area contributed by atoms with Crippen LogP contribution >= 0.6 is 11.6 Å². The fourth-order valence-corrected chi connectivity index (χ4v) is 1.68. The van der Waals surface area contributed by atoms with Gasteiger partial charge in [0.15, 0.2) is 0 Å². The van der Waals surface area contributed by atoms with E-state index in [4.69, 9.17) is 11.6 Å². The molecule has 2 aliphatic rings. The van der Waals surface area contributed by atoms with E-state index < -0.39 is 0 Å². The summed E-state index contributed by atoms with van der Waals surface area (Å²) >= 11 is 6.07. The van der Waals surface area contributed by atoms with Gasteiger partial charge in [0.25, 0.3) is 0 Å². The molecule has 0 aromatic rings. The van der Waals surface area contributed by atoms with Crippen LogP contribution in [0.15, 0.2) is 45.5 Å².